The topological polar surface area (TPSA) is 42.2 Å². The minimum absolute atomic E-state index is 0.195. The van der Waals surface area contributed by atoms with Gasteiger partial charge in [0.2, 0.25) is 5.91 Å². The number of carbonyl (C=O) groups is 1. The fourth-order valence-electron chi connectivity index (χ4n) is 1.52. The zero-order valence-electron chi connectivity index (χ0n) is 8.32. The van der Waals surface area contributed by atoms with Crippen LogP contribution in [-0.2, 0) is 11.2 Å². The van der Waals surface area contributed by atoms with Crippen molar-refractivity contribution in [2.75, 3.05) is 0 Å². The first-order valence-electron chi connectivity index (χ1n) is 5.07. The number of rotatable bonds is 4. The Bertz CT molecular complexity index is 301. The second-order valence-electron chi connectivity index (χ2n) is 4.02. The molecular formula is C11H15NO2. The Morgan fingerprint density at radius 1 is 1.71 bits per heavy atom. The number of hydrogen-bond acceptors (Lipinski definition) is 2. The van der Waals surface area contributed by atoms with Crippen molar-refractivity contribution < 1.29 is 9.21 Å². The molecule has 0 radical (unpaired) electrons. The molecule has 1 fully saturated rings. The summed E-state index contributed by atoms with van der Waals surface area (Å²) in [6.45, 7) is 2.02. The van der Waals surface area contributed by atoms with Crippen LogP contribution < -0.4 is 5.32 Å². The monoisotopic (exact) mass is 193 g/mol. The van der Waals surface area contributed by atoms with Gasteiger partial charge < -0.3 is 9.73 Å². The summed E-state index contributed by atoms with van der Waals surface area (Å²) in [4.78, 5) is 11.4. The lowest BCUT2D eigenvalue weighted by Crippen LogP contribution is -2.34. The van der Waals surface area contributed by atoms with Gasteiger partial charge in [-0.2, -0.15) is 0 Å². The molecule has 0 spiro atoms. The van der Waals surface area contributed by atoms with E-state index in [0.717, 1.165) is 24.8 Å². The molecule has 1 heterocycles. The average molecular weight is 193 g/mol. The quantitative estimate of drug-likeness (QED) is 0.791. The van der Waals surface area contributed by atoms with Gasteiger partial charge in [-0.15, -0.1) is 0 Å². The van der Waals surface area contributed by atoms with Crippen molar-refractivity contribution in [3.63, 3.8) is 0 Å². The molecule has 0 aliphatic heterocycles. The zero-order valence-corrected chi connectivity index (χ0v) is 8.32. The molecule has 1 aromatic rings. The Morgan fingerprint density at radius 2 is 2.50 bits per heavy atom. The Hall–Kier alpha value is -1.25. The van der Waals surface area contributed by atoms with E-state index in [1.807, 2.05) is 13.0 Å². The fraction of sp³-hybridized carbons (Fsp3) is 0.545. The Balaban J connectivity index is 1.78. The summed E-state index contributed by atoms with van der Waals surface area (Å²) >= 11 is 0. The second-order valence-corrected chi connectivity index (χ2v) is 4.02. The van der Waals surface area contributed by atoms with E-state index in [2.05, 4.69) is 5.32 Å². The maximum atomic E-state index is 11.4. The first-order valence-corrected chi connectivity index (χ1v) is 5.07. The van der Waals surface area contributed by atoms with E-state index < -0.39 is 0 Å². The molecule has 0 saturated heterocycles. The van der Waals surface area contributed by atoms with Gasteiger partial charge in [0.15, 0.2) is 0 Å². The van der Waals surface area contributed by atoms with E-state index in [9.17, 15) is 4.79 Å². The number of furan rings is 1. The van der Waals surface area contributed by atoms with Crippen molar-refractivity contribution in [1.29, 1.82) is 0 Å². The van der Waals surface area contributed by atoms with Gasteiger partial charge in [0.05, 0.1) is 12.5 Å². The molecule has 14 heavy (non-hydrogen) atoms. The summed E-state index contributed by atoms with van der Waals surface area (Å²) in [6, 6.07) is 2.13. The maximum absolute atomic E-state index is 11.4. The summed E-state index contributed by atoms with van der Waals surface area (Å²) in [5.41, 5.74) is 1.13. The molecule has 76 valence electrons. The average Bonchev–Trinajstić information content (AvgIpc) is 2.87. The van der Waals surface area contributed by atoms with Crippen LogP contribution in [0.3, 0.4) is 0 Å². The van der Waals surface area contributed by atoms with Gasteiger partial charge in [-0.3, -0.25) is 4.79 Å². The number of hydrogen-bond donors (Lipinski definition) is 1. The van der Waals surface area contributed by atoms with Crippen LogP contribution in [0.2, 0.25) is 0 Å². The van der Waals surface area contributed by atoms with Gasteiger partial charge in [-0.1, -0.05) is 0 Å². The lowest BCUT2D eigenvalue weighted by molar-refractivity contribution is -0.122. The number of amides is 1. The van der Waals surface area contributed by atoms with Crippen LogP contribution in [0, 0.1) is 5.92 Å². The molecule has 2 rings (SSSR count). The normalized spacial score (nSPS) is 17.8. The van der Waals surface area contributed by atoms with Crippen LogP contribution in [0.1, 0.15) is 25.3 Å². The van der Waals surface area contributed by atoms with E-state index in [0.29, 0.717) is 5.92 Å². The van der Waals surface area contributed by atoms with Crippen LogP contribution in [-0.4, -0.2) is 11.9 Å². The van der Waals surface area contributed by atoms with Gasteiger partial charge in [0.1, 0.15) is 0 Å². The third kappa shape index (κ3) is 2.37. The molecule has 1 atom stereocenters. The SMILES string of the molecule is C[C@H](Cc1ccoc1)NC(=O)C1CC1. The highest BCUT2D eigenvalue weighted by atomic mass is 16.3. The van der Waals surface area contributed by atoms with Gasteiger partial charge in [-0.05, 0) is 37.8 Å². The van der Waals surface area contributed by atoms with Crippen LogP contribution >= 0.6 is 0 Å². The van der Waals surface area contributed by atoms with E-state index in [1.54, 1.807) is 12.5 Å². The first kappa shape index (κ1) is 9.31. The van der Waals surface area contributed by atoms with E-state index in [-0.39, 0.29) is 11.9 Å². The molecule has 3 nitrogen and oxygen atoms in total. The van der Waals surface area contributed by atoms with E-state index >= 15 is 0 Å². The molecule has 1 aromatic heterocycles. The third-order valence-corrected chi connectivity index (χ3v) is 2.46. The highest BCUT2D eigenvalue weighted by Crippen LogP contribution is 2.28. The first-order chi connectivity index (χ1) is 6.75. The summed E-state index contributed by atoms with van der Waals surface area (Å²) in [5.74, 6) is 0.503. The standard InChI is InChI=1S/C11H15NO2/c1-8(6-9-4-5-14-7-9)12-11(13)10-2-3-10/h4-5,7-8,10H,2-3,6H2,1H3,(H,12,13)/t8-/m1/s1. The molecule has 1 aliphatic rings. The smallest absolute Gasteiger partial charge is 0.223 e. The minimum atomic E-state index is 0.195. The predicted octanol–water partition coefficient (Wildman–Crippen LogP) is 1.74. The van der Waals surface area contributed by atoms with Crippen LogP contribution in [0.5, 0.6) is 0 Å². The van der Waals surface area contributed by atoms with Gasteiger partial charge >= 0.3 is 0 Å². The largest absolute Gasteiger partial charge is 0.472 e. The Kier molecular flexibility index (Phi) is 2.57. The fourth-order valence-corrected chi connectivity index (χ4v) is 1.52. The van der Waals surface area contributed by atoms with Crippen molar-refractivity contribution in [3.8, 4) is 0 Å². The molecule has 0 aromatic carbocycles. The molecule has 1 saturated carbocycles. The molecule has 0 unspecified atom stereocenters. The maximum Gasteiger partial charge on any atom is 0.223 e. The van der Waals surface area contributed by atoms with Crippen molar-refractivity contribution in [3.05, 3.63) is 24.2 Å². The van der Waals surface area contributed by atoms with Crippen LogP contribution in [0.4, 0.5) is 0 Å². The van der Waals surface area contributed by atoms with Gasteiger partial charge in [0, 0.05) is 12.0 Å². The lowest BCUT2D eigenvalue weighted by Gasteiger charge is -2.12. The molecule has 3 heteroatoms. The molecule has 1 N–H and O–H groups in total. The van der Waals surface area contributed by atoms with E-state index in [4.69, 9.17) is 4.42 Å². The minimum Gasteiger partial charge on any atom is -0.472 e. The lowest BCUT2D eigenvalue weighted by atomic mass is 10.1. The van der Waals surface area contributed by atoms with Crippen LogP contribution in [0.25, 0.3) is 0 Å². The predicted molar refractivity (Wildman–Crippen MR) is 52.7 cm³/mol. The van der Waals surface area contributed by atoms with Crippen molar-refractivity contribution in [1.82, 2.24) is 5.32 Å². The summed E-state index contributed by atoms with van der Waals surface area (Å²) < 4.78 is 4.97. The molecule has 0 bridgehead atoms. The summed E-state index contributed by atoms with van der Waals surface area (Å²) in [6.07, 6.45) is 6.34. The zero-order chi connectivity index (χ0) is 9.97. The highest BCUT2D eigenvalue weighted by Gasteiger charge is 2.30. The number of carbonyl (C=O) groups excluding carboxylic acids is 1. The van der Waals surface area contributed by atoms with E-state index in [1.165, 1.54) is 0 Å². The van der Waals surface area contributed by atoms with Gasteiger partial charge in [-0.25, -0.2) is 0 Å². The Morgan fingerprint density at radius 3 is 3.07 bits per heavy atom. The molecule has 1 aliphatic carbocycles. The second kappa shape index (κ2) is 3.86. The molecule has 1 amide bonds. The van der Waals surface area contributed by atoms with Crippen molar-refractivity contribution in [2.24, 2.45) is 5.92 Å². The summed E-state index contributed by atoms with van der Waals surface area (Å²) in [5, 5.41) is 3.00. The number of nitrogens with one attached hydrogen (secondary N) is 1. The van der Waals surface area contributed by atoms with Crippen LogP contribution in [0.15, 0.2) is 23.0 Å². The summed E-state index contributed by atoms with van der Waals surface area (Å²) in [7, 11) is 0. The third-order valence-electron chi connectivity index (χ3n) is 2.46. The Labute approximate surface area is 83.5 Å². The highest BCUT2D eigenvalue weighted by molar-refractivity contribution is 5.81. The van der Waals surface area contributed by atoms with Crippen molar-refractivity contribution >= 4 is 5.91 Å². The van der Waals surface area contributed by atoms with Crippen molar-refractivity contribution in [2.45, 2.75) is 32.2 Å². The molecular weight excluding hydrogens is 178 g/mol. The van der Waals surface area contributed by atoms with Gasteiger partial charge in [0.25, 0.3) is 0 Å².